The normalized spacial score (nSPS) is 11.3. The average Bonchev–Trinajstić information content (AvgIpc) is 2.71. The molecule has 0 spiro atoms. The molecule has 1 aromatic carbocycles. The minimum absolute atomic E-state index is 0.0342. The number of carbonyl (C=O) groups is 2. The van der Waals surface area contributed by atoms with Gasteiger partial charge in [0, 0.05) is 13.2 Å². The van der Waals surface area contributed by atoms with Gasteiger partial charge in [0.1, 0.15) is 13.2 Å². The summed E-state index contributed by atoms with van der Waals surface area (Å²) in [6.45, 7) is 5.45. The summed E-state index contributed by atoms with van der Waals surface area (Å²) in [7, 11) is -4.65. The second-order valence-electron chi connectivity index (χ2n) is 6.42. The molecule has 0 bridgehead atoms. The van der Waals surface area contributed by atoms with E-state index in [4.69, 9.17) is 18.9 Å². The Morgan fingerprint density at radius 3 is 1.57 bits per heavy atom. The fourth-order valence-electron chi connectivity index (χ4n) is 2.23. The Kier molecular flexibility index (Phi) is 12.2. The highest BCUT2D eigenvalue weighted by Crippen LogP contribution is 2.17. The molecule has 0 saturated carbocycles. The Labute approximate surface area is 177 Å². The van der Waals surface area contributed by atoms with E-state index < -0.39 is 27.0 Å². The molecule has 0 saturated heterocycles. The van der Waals surface area contributed by atoms with Gasteiger partial charge < -0.3 is 18.9 Å². The molecule has 30 heavy (non-hydrogen) atoms. The molecule has 10 heteroatoms. The van der Waals surface area contributed by atoms with Crippen LogP contribution in [0.2, 0.25) is 0 Å². The van der Waals surface area contributed by atoms with Gasteiger partial charge in [-0.05, 0) is 31.0 Å². The third-order valence-corrected chi connectivity index (χ3v) is 4.71. The second-order valence-corrected chi connectivity index (χ2v) is 7.85. The zero-order chi connectivity index (χ0) is 22.4. The van der Waals surface area contributed by atoms with Gasteiger partial charge in [0.05, 0.1) is 29.2 Å². The standard InChI is InChI=1S/C20H30O9S/c1-3-5-7-26-9-11-28-19(21)16-13-17(15-18(14-16)30(23,24)25)20(22)29-12-10-27-8-6-4-2/h13-15H,3-12H2,1-2H3,(H,23,24,25). The minimum Gasteiger partial charge on any atom is -0.460 e. The Bertz CT molecular complexity index is 728. The van der Waals surface area contributed by atoms with E-state index in [0.717, 1.165) is 43.9 Å². The first-order valence-electron chi connectivity index (χ1n) is 9.91. The lowest BCUT2D eigenvalue weighted by molar-refractivity contribution is 0.0309. The van der Waals surface area contributed by atoms with Crippen molar-refractivity contribution in [1.82, 2.24) is 0 Å². The zero-order valence-electron chi connectivity index (χ0n) is 17.4. The van der Waals surface area contributed by atoms with Crippen LogP contribution in [-0.2, 0) is 29.1 Å². The van der Waals surface area contributed by atoms with Crippen molar-refractivity contribution < 1.29 is 41.5 Å². The van der Waals surface area contributed by atoms with Gasteiger partial charge >= 0.3 is 11.9 Å². The van der Waals surface area contributed by atoms with Crippen LogP contribution in [0.4, 0.5) is 0 Å². The van der Waals surface area contributed by atoms with Crippen molar-refractivity contribution in [2.45, 2.75) is 44.4 Å². The van der Waals surface area contributed by atoms with Crippen molar-refractivity contribution in [2.75, 3.05) is 39.6 Å². The summed E-state index contributed by atoms with van der Waals surface area (Å²) in [5.74, 6) is -1.70. The molecule has 1 N–H and O–H groups in total. The first-order chi connectivity index (χ1) is 14.3. The predicted molar refractivity (Wildman–Crippen MR) is 108 cm³/mol. The van der Waals surface area contributed by atoms with Gasteiger partial charge in [-0.1, -0.05) is 26.7 Å². The third kappa shape index (κ3) is 10.1. The lowest BCUT2D eigenvalue weighted by Crippen LogP contribution is -2.15. The van der Waals surface area contributed by atoms with Crippen LogP contribution in [0.5, 0.6) is 0 Å². The van der Waals surface area contributed by atoms with E-state index in [9.17, 15) is 22.6 Å². The predicted octanol–water partition coefficient (Wildman–Crippen LogP) is 2.88. The largest absolute Gasteiger partial charge is 0.460 e. The fraction of sp³-hybridized carbons (Fsp3) is 0.600. The topological polar surface area (TPSA) is 125 Å². The molecule has 0 aliphatic carbocycles. The number of rotatable bonds is 15. The lowest BCUT2D eigenvalue weighted by atomic mass is 10.1. The molecule has 0 aromatic heterocycles. The third-order valence-electron chi connectivity index (χ3n) is 3.88. The fourth-order valence-corrected chi connectivity index (χ4v) is 2.79. The van der Waals surface area contributed by atoms with E-state index in [1.165, 1.54) is 0 Å². The number of hydrogen-bond acceptors (Lipinski definition) is 8. The van der Waals surface area contributed by atoms with Crippen LogP contribution in [0.1, 0.15) is 60.2 Å². The van der Waals surface area contributed by atoms with Gasteiger partial charge in [-0.3, -0.25) is 4.55 Å². The first kappa shape index (κ1) is 26.0. The van der Waals surface area contributed by atoms with E-state index in [1.807, 2.05) is 13.8 Å². The lowest BCUT2D eigenvalue weighted by Gasteiger charge is -2.10. The highest BCUT2D eigenvalue weighted by Gasteiger charge is 2.20. The molecular formula is C20H30O9S. The van der Waals surface area contributed by atoms with Crippen LogP contribution >= 0.6 is 0 Å². The van der Waals surface area contributed by atoms with Crippen molar-refractivity contribution >= 4 is 22.1 Å². The maximum atomic E-state index is 12.2. The number of carbonyl (C=O) groups excluding carboxylic acids is 2. The number of hydrogen-bond donors (Lipinski definition) is 1. The monoisotopic (exact) mass is 446 g/mol. The van der Waals surface area contributed by atoms with E-state index in [1.54, 1.807) is 0 Å². The SMILES string of the molecule is CCCCOCCOC(=O)c1cc(C(=O)OCCOCCCC)cc(S(=O)(=O)O)c1. The summed E-state index contributed by atoms with van der Waals surface area (Å²) < 4.78 is 53.0. The molecule has 1 rings (SSSR count). The Morgan fingerprint density at radius 2 is 1.20 bits per heavy atom. The Hall–Kier alpha value is -2.01. The summed E-state index contributed by atoms with van der Waals surface area (Å²) in [6, 6.07) is 3.01. The van der Waals surface area contributed by atoms with E-state index >= 15 is 0 Å². The summed E-state index contributed by atoms with van der Waals surface area (Å²) in [5, 5.41) is 0. The first-order valence-corrected chi connectivity index (χ1v) is 11.4. The van der Waals surface area contributed by atoms with Crippen molar-refractivity contribution in [2.24, 2.45) is 0 Å². The van der Waals surface area contributed by atoms with E-state index in [-0.39, 0.29) is 37.6 Å². The Morgan fingerprint density at radius 1 is 0.767 bits per heavy atom. The summed E-state index contributed by atoms with van der Waals surface area (Å²) in [5.41, 5.74) is -0.408. The van der Waals surface area contributed by atoms with E-state index in [2.05, 4.69) is 0 Å². The van der Waals surface area contributed by atoms with Crippen LogP contribution in [0.3, 0.4) is 0 Å². The van der Waals surface area contributed by atoms with Crippen molar-refractivity contribution in [3.8, 4) is 0 Å². The molecule has 0 radical (unpaired) electrons. The van der Waals surface area contributed by atoms with Gasteiger partial charge in [0.25, 0.3) is 10.1 Å². The number of unbranched alkanes of at least 4 members (excludes halogenated alkanes) is 2. The number of benzene rings is 1. The molecule has 170 valence electrons. The average molecular weight is 447 g/mol. The highest BCUT2D eigenvalue weighted by atomic mass is 32.2. The van der Waals surface area contributed by atoms with Crippen molar-refractivity contribution in [1.29, 1.82) is 0 Å². The van der Waals surface area contributed by atoms with Crippen LogP contribution in [0.15, 0.2) is 23.1 Å². The molecule has 0 aliphatic heterocycles. The van der Waals surface area contributed by atoms with Gasteiger partial charge in [-0.25, -0.2) is 9.59 Å². The maximum Gasteiger partial charge on any atom is 0.338 e. The van der Waals surface area contributed by atoms with Crippen LogP contribution in [-0.4, -0.2) is 64.6 Å². The molecule has 0 unspecified atom stereocenters. The number of esters is 2. The highest BCUT2D eigenvalue weighted by molar-refractivity contribution is 7.85. The molecule has 0 atom stereocenters. The molecular weight excluding hydrogens is 416 g/mol. The molecule has 0 heterocycles. The van der Waals surface area contributed by atoms with Gasteiger partial charge in [0.15, 0.2) is 0 Å². The Balaban J connectivity index is 2.75. The van der Waals surface area contributed by atoms with Crippen LogP contribution < -0.4 is 0 Å². The summed E-state index contributed by atoms with van der Waals surface area (Å²) in [4.78, 5) is 23.8. The molecule has 0 amide bonds. The van der Waals surface area contributed by atoms with Crippen molar-refractivity contribution in [3.63, 3.8) is 0 Å². The second kappa shape index (κ2) is 14.1. The molecule has 0 aliphatic rings. The van der Waals surface area contributed by atoms with Crippen molar-refractivity contribution in [3.05, 3.63) is 29.3 Å². The molecule has 0 fully saturated rings. The van der Waals surface area contributed by atoms with Crippen LogP contribution in [0, 0.1) is 0 Å². The molecule has 1 aromatic rings. The zero-order valence-corrected chi connectivity index (χ0v) is 18.2. The van der Waals surface area contributed by atoms with Gasteiger partial charge in [0.2, 0.25) is 0 Å². The molecule has 9 nitrogen and oxygen atoms in total. The maximum absolute atomic E-state index is 12.2. The summed E-state index contributed by atoms with van der Waals surface area (Å²) in [6.07, 6.45) is 3.73. The smallest absolute Gasteiger partial charge is 0.338 e. The quantitative estimate of drug-likeness (QED) is 0.246. The minimum atomic E-state index is -4.65. The van der Waals surface area contributed by atoms with E-state index in [0.29, 0.717) is 13.2 Å². The van der Waals surface area contributed by atoms with Crippen LogP contribution in [0.25, 0.3) is 0 Å². The van der Waals surface area contributed by atoms with Gasteiger partial charge in [-0.15, -0.1) is 0 Å². The number of ether oxygens (including phenoxy) is 4. The van der Waals surface area contributed by atoms with Gasteiger partial charge in [-0.2, -0.15) is 8.42 Å². The summed E-state index contributed by atoms with van der Waals surface area (Å²) >= 11 is 0.